The molecule has 1 saturated heterocycles. The Morgan fingerprint density at radius 1 is 1.19 bits per heavy atom. The number of fused-ring (bicyclic) bond motifs is 1. The van der Waals surface area contributed by atoms with Crippen molar-refractivity contribution in [2.75, 3.05) is 13.1 Å². The molecule has 1 amide bonds. The highest BCUT2D eigenvalue weighted by molar-refractivity contribution is 6.06. The Balaban J connectivity index is 1.84. The third-order valence-electron chi connectivity index (χ3n) is 5.18. The van der Waals surface area contributed by atoms with E-state index in [4.69, 9.17) is 10.7 Å². The second kappa shape index (κ2) is 7.12. The van der Waals surface area contributed by atoms with E-state index in [1.165, 1.54) is 0 Å². The van der Waals surface area contributed by atoms with E-state index in [1.807, 2.05) is 46.0 Å². The molecule has 0 radical (unpaired) electrons. The van der Waals surface area contributed by atoms with Crippen LogP contribution in [0.3, 0.4) is 0 Å². The van der Waals surface area contributed by atoms with Crippen LogP contribution in [0.4, 0.5) is 0 Å². The van der Waals surface area contributed by atoms with E-state index in [-0.39, 0.29) is 18.0 Å². The number of carbonyl (C=O) groups excluding carboxylic acids is 1. The number of benzene rings is 1. The lowest BCUT2D eigenvalue weighted by Crippen LogP contribution is -2.42. The summed E-state index contributed by atoms with van der Waals surface area (Å²) in [6.07, 6.45) is 3.45. The lowest BCUT2D eigenvalue weighted by Gasteiger charge is -2.30. The van der Waals surface area contributed by atoms with Crippen molar-refractivity contribution in [2.45, 2.75) is 38.8 Å². The zero-order valence-corrected chi connectivity index (χ0v) is 15.8. The summed E-state index contributed by atoms with van der Waals surface area (Å²) < 4.78 is 1.88. The predicted molar refractivity (Wildman–Crippen MR) is 106 cm³/mol. The summed E-state index contributed by atoms with van der Waals surface area (Å²) in [4.78, 5) is 20.0. The van der Waals surface area contributed by atoms with E-state index < -0.39 is 0 Å². The van der Waals surface area contributed by atoms with Crippen LogP contribution >= 0.6 is 0 Å². The molecule has 3 aromatic rings. The number of pyridine rings is 1. The summed E-state index contributed by atoms with van der Waals surface area (Å²) in [5.41, 5.74) is 9.21. The van der Waals surface area contributed by atoms with E-state index in [9.17, 15) is 4.79 Å². The lowest BCUT2D eigenvalue weighted by molar-refractivity contribution is 0.0716. The highest BCUT2D eigenvalue weighted by Gasteiger charge is 2.25. The van der Waals surface area contributed by atoms with E-state index in [0.717, 1.165) is 35.1 Å². The second-order valence-corrected chi connectivity index (χ2v) is 7.47. The Hall–Kier alpha value is -2.73. The Labute approximate surface area is 159 Å². The number of hydrogen-bond acceptors (Lipinski definition) is 4. The Morgan fingerprint density at radius 3 is 2.56 bits per heavy atom. The minimum absolute atomic E-state index is 0.0368. The highest BCUT2D eigenvalue weighted by atomic mass is 16.2. The first kappa shape index (κ1) is 17.7. The number of piperidine rings is 1. The van der Waals surface area contributed by atoms with Gasteiger partial charge in [-0.25, -0.2) is 9.67 Å². The molecule has 1 aromatic carbocycles. The number of nitrogens with two attached hydrogens (primary N) is 1. The Morgan fingerprint density at radius 2 is 1.89 bits per heavy atom. The van der Waals surface area contributed by atoms with Gasteiger partial charge >= 0.3 is 0 Å². The van der Waals surface area contributed by atoms with Crippen LogP contribution in [0.1, 0.15) is 43.1 Å². The van der Waals surface area contributed by atoms with Crippen molar-refractivity contribution in [2.24, 2.45) is 5.73 Å². The van der Waals surface area contributed by atoms with E-state index in [2.05, 4.69) is 18.9 Å². The van der Waals surface area contributed by atoms with Crippen LogP contribution in [0.5, 0.6) is 0 Å². The van der Waals surface area contributed by atoms with Gasteiger partial charge in [0.2, 0.25) is 0 Å². The molecule has 140 valence electrons. The first-order chi connectivity index (χ1) is 13.0. The van der Waals surface area contributed by atoms with Gasteiger partial charge in [-0.2, -0.15) is 5.10 Å². The van der Waals surface area contributed by atoms with Crippen LogP contribution in [0, 0.1) is 0 Å². The van der Waals surface area contributed by atoms with Crippen LogP contribution in [0.15, 0.2) is 42.6 Å². The number of likely N-dealkylation sites (tertiary alicyclic amines) is 1. The quantitative estimate of drug-likeness (QED) is 0.775. The lowest BCUT2D eigenvalue weighted by atomic mass is 10.0. The monoisotopic (exact) mass is 363 g/mol. The van der Waals surface area contributed by atoms with Crippen molar-refractivity contribution >= 4 is 16.9 Å². The largest absolute Gasteiger partial charge is 0.339 e. The fraction of sp³-hybridized carbons (Fsp3) is 0.381. The summed E-state index contributed by atoms with van der Waals surface area (Å²) >= 11 is 0. The van der Waals surface area contributed by atoms with Crippen LogP contribution in [-0.4, -0.2) is 44.7 Å². The maximum absolute atomic E-state index is 13.3. The third kappa shape index (κ3) is 3.32. The standard InChI is InChI=1S/C21H25N5O/c1-14(2)26-20-18(13-23-26)17(21(27)25-10-8-16(22)9-11-25)12-19(24-20)15-6-4-3-5-7-15/h3-7,12-14,16H,8-11,22H2,1-2H3. The third-order valence-corrected chi connectivity index (χ3v) is 5.18. The molecule has 4 rings (SSSR count). The summed E-state index contributed by atoms with van der Waals surface area (Å²) in [6, 6.07) is 12.2. The van der Waals surface area contributed by atoms with Gasteiger partial charge in [0.15, 0.2) is 5.65 Å². The smallest absolute Gasteiger partial charge is 0.254 e. The van der Waals surface area contributed by atoms with Gasteiger partial charge in [-0.05, 0) is 32.8 Å². The normalized spacial score (nSPS) is 15.6. The summed E-state index contributed by atoms with van der Waals surface area (Å²) in [5.74, 6) is 0.0368. The maximum atomic E-state index is 13.3. The molecule has 0 unspecified atom stereocenters. The molecular formula is C21H25N5O. The summed E-state index contributed by atoms with van der Waals surface area (Å²) in [6.45, 7) is 5.53. The number of nitrogens with zero attached hydrogens (tertiary/aromatic N) is 4. The summed E-state index contributed by atoms with van der Waals surface area (Å²) in [5, 5.41) is 5.30. The molecule has 6 heteroatoms. The Bertz CT molecular complexity index is 955. The van der Waals surface area contributed by atoms with Crippen LogP contribution < -0.4 is 5.73 Å². The van der Waals surface area contributed by atoms with Crippen molar-refractivity contribution in [3.8, 4) is 11.3 Å². The van der Waals surface area contributed by atoms with Gasteiger partial charge in [0.05, 0.1) is 22.8 Å². The number of amides is 1. The van der Waals surface area contributed by atoms with Crippen molar-refractivity contribution in [1.82, 2.24) is 19.7 Å². The predicted octanol–water partition coefficient (Wildman–Crippen LogP) is 3.24. The van der Waals surface area contributed by atoms with E-state index >= 15 is 0 Å². The molecule has 6 nitrogen and oxygen atoms in total. The molecule has 2 aromatic heterocycles. The molecule has 2 N–H and O–H groups in total. The van der Waals surface area contributed by atoms with Crippen LogP contribution in [-0.2, 0) is 0 Å². The van der Waals surface area contributed by atoms with Gasteiger partial charge in [0.1, 0.15) is 0 Å². The molecule has 0 aliphatic carbocycles. The zero-order chi connectivity index (χ0) is 19.0. The highest BCUT2D eigenvalue weighted by Crippen LogP contribution is 2.27. The molecule has 0 atom stereocenters. The molecule has 3 heterocycles. The Kier molecular flexibility index (Phi) is 4.66. The summed E-state index contributed by atoms with van der Waals surface area (Å²) in [7, 11) is 0. The zero-order valence-electron chi connectivity index (χ0n) is 15.8. The van der Waals surface area contributed by atoms with Gasteiger partial charge in [-0.1, -0.05) is 30.3 Å². The van der Waals surface area contributed by atoms with Crippen molar-refractivity contribution in [1.29, 1.82) is 0 Å². The average molecular weight is 363 g/mol. The minimum atomic E-state index is 0.0368. The van der Waals surface area contributed by atoms with Crippen LogP contribution in [0.2, 0.25) is 0 Å². The first-order valence-corrected chi connectivity index (χ1v) is 9.53. The van der Waals surface area contributed by atoms with Gasteiger partial charge in [-0.3, -0.25) is 4.79 Å². The number of hydrogen-bond donors (Lipinski definition) is 1. The van der Waals surface area contributed by atoms with Crippen LogP contribution in [0.25, 0.3) is 22.3 Å². The fourth-order valence-electron chi connectivity index (χ4n) is 3.60. The van der Waals surface area contributed by atoms with Gasteiger partial charge in [0.25, 0.3) is 5.91 Å². The average Bonchev–Trinajstić information content (AvgIpc) is 3.12. The second-order valence-electron chi connectivity index (χ2n) is 7.47. The fourth-order valence-corrected chi connectivity index (χ4v) is 3.60. The molecule has 27 heavy (non-hydrogen) atoms. The maximum Gasteiger partial charge on any atom is 0.254 e. The number of aromatic nitrogens is 3. The van der Waals surface area contributed by atoms with Gasteiger partial charge in [0, 0.05) is 30.7 Å². The molecule has 0 saturated carbocycles. The van der Waals surface area contributed by atoms with Gasteiger partial charge < -0.3 is 10.6 Å². The van der Waals surface area contributed by atoms with Crippen molar-refractivity contribution in [3.05, 3.63) is 48.2 Å². The topological polar surface area (TPSA) is 77.0 Å². The molecule has 1 fully saturated rings. The minimum Gasteiger partial charge on any atom is -0.339 e. The van der Waals surface area contributed by atoms with Crippen molar-refractivity contribution in [3.63, 3.8) is 0 Å². The molecule has 1 aliphatic rings. The number of rotatable bonds is 3. The van der Waals surface area contributed by atoms with E-state index in [0.29, 0.717) is 18.7 Å². The first-order valence-electron chi connectivity index (χ1n) is 9.53. The van der Waals surface area contributed by atoms with Gasteiger partial charge in [-0.15, -0.1) is 0 Å². The molecular weight excluding hydrogens is 338 g/mol. The molecule has 0 bridgehead atoms. The van der Waals surface area contributed by atoms with Crippen molar-refractivity contribution < 1.29 is 4.79 Å². The number of carbonyl (C=O) groups is 1. The van der Waals surface area contributed by atoms with E-state index in [1.54, 1.807) is 6.20 Å². The molecule has 0 spiro atoms. The molecule has 1 aliphatic heterocycles. The SMILES string of the molecule is CC(C)n1ncc2c(C(=O)N3CCC(N)CC3)cc(-c3ccccc3)nc21.